The lowest BCUT2D eigenvalue weighted by molar-refractivity contribution is 0.407. The molecule has 0 aliphatic rings. The molecule has 104 valence electrons. The van der Waals surface area contributed by atoms with Crippen LogP contribution in [0.5, 0.6) is 5.75 Å². The SMILES string of the molecule is COc1ccc(B(O)O)cc1Cn1ccc(C)cc1=O. The van der Waals surface area contributed by atoms with Gasteiger partial charge in [0.05, 0.1) is 13.7 Å². The Balaban J connectivity index is 2.40. The lowest BCUT2D eigenvalue weighted by Crippen LogP contribution is -2.30. The molecular weight excluding hydrogens is 257 g/mol. The van der Waals surface area contributed by atoms with Crippen molar-refractivity contribution in [2.24, 2.45) is 0 Å². The van der Waals surface area contributed by atoms with Crippen molar-refractivity contribution in [2.45, 2.75) is 13.5 Å². The average molecular weight is 273 g/mol. The molecule has 0 aliphatic carbocycles. The molecule has 0 amide bonds. The van der Waals surface area contributed by atoms with Crippen LogP contribution in [0.15, 0.2) is 41.3 Å². The highest BCUT2D eigenvalue weighted by molar-refractivity contribution is 6.58. The van der Waals surface area contributed by atoms with E-state index in [1.165, 1.54) is 7.11 Å². The van der Waals surface area contributed by atoms with E-state index in [-0.39, 0.29) is 5.56 Å². The molecule has 2 N–H and O–H groups in total. The number of ether oxygens (including phenoxy) is 1. The van der Waals surface area contributed by atoms with Gasteiger partial charge in [-0.05, 0) is 30.1 Å². The van der Waals surface area contributed by atoms with Crippen LogP contribution in [0.25, 0.3) is 0 Å². The van der Waals surface area contributed by atoms with Crippen LogP contribution in [0.1, 0.15) is 11.1 Å². The number of benzene rings is 1. The van der Waals surface area contributed by atoms with Crippen molar-refractivity contribution in [3.8, 4) is 5.75 Å². The van der Waals surface area contributed by atoms with E-state index in [4.69, 9.17) is 4.74 Å². The minimum absolute atomic E-state index is 0.109. The zero-order valence-electron chi connectivity index (χ0n) is 11.4. The number of hydrogen-bond acceptors (Lipinski definition) is 4. The monoisotopic (exact) mass is 273 g/mol. The topological polar surface area (TPSA) is 71.7 Å². The molecule has 2 aromatic rings. The van der Waals surface area contributed by atoms with Gasteiger partial charge in [-0.2, -0.15) is 0 Å². The Morgan fingerprint density at radius 3 is 2.60 bits per heavy atom. The highest BCUT2D eigenvalue weighted by Gasteiger charge is 2.14. The number of rotatable bonds is 4. The minimum Gasteiger partial charge on any atom is -0.496 e. The van der Waals surface area contributed by atoms with Crippen molar-refractivity contribution in [1.29, 1.82) is 0 Å². The maximum absolute atomic E-state index is 11.9. The molecule has 0 fully saturated rings. The number of pyridine rings is 1. The van der Waals surface area contributed by atoms with Crippen LogP contribution in [0.2, 0.25) is 0 Å². The number of nitrogens with zero attached hydrogens (tertiary/aromatic N) is 1. The Kier molecular flexibility index (Phi) is 4.27. The van der Waals surface area contributed by atoms with Gasteiger partial charge in [0, 0.05) is 17.8 Å². The van der Waals surface area contributed by atoms with E-state index in [1.54, 1.807) is 35.0 Å². The Morgan fingerprint density at radius 2 is 2.00 bits per heavy atom. The maximum Gasteiger partial charge on any atom is 0.488 e. The molecule has 0 aliphatic heterocycles. The molecule has 0 saturated carbocycles. The lowest BCUT2D eigenvalue weighted by atomic mass is 9.79. The summed E-state index contributed by atoms with van der Waals surface area (Å²) < 4.78 is 6.78. The lowest BCUT2D eigenvalue weighted by Gasteiger charge is -2.12. The van der Waals surface area contributed by atoms with E-state index in [2.05, 4.69) is 0 Å². The fraction of sp³-hybridized carbons (Fsp3) is 0.214. The van der Waals surface area contributed by atoms with Crippen molar-refractivity contribution in [1.82, 2.24) is 4.57 Å². The van der Waals surface area contributed by atoms with Crippen molar-refractivity contribution >= 4 is 12.6 Å². The van der Waals surface area contributed by atoms with Crippen molar-refractivity contribution in [3.05, 3.63) is 58.0 Å². The molecule has 5 nitrogen and oxygen atoms in total. The number of aryl methyl sites for hydroxylation is 1. The Bertz CT molecular complexity index is 666. The van der Waals surface area contributed by atoms with Crippen molar-refractivity contribution in [2.75, 3.05) is 7.11 Å². The van der Waals surface area contributed by atoms with Crippen LogP contribution < -0.4 is 15.8 Å². The highest BCUT2D eigenvalue weighted by atomic mass is 16.5. The summed E-state index contributed by atoms with van der Waals surface area (Å²) in [5.74, 6) is 0.599. The fourth-order valence-electron chi connectivity index (χ4n) is 2.00. The van der Waals surface area contributed by atoms with Crippen LogP contribution >= 0.6 is 0 Å². The molecule has 0 bridgehead atoms. The van der Waals surface area contributed by atoms with Gasteiger partial charge in [-0.15, -0.1) is 0 Å². The molecule has 0 unspecified atom stereocenters. The van der Waals surface area contributed by atoms with Gasteiger partial charge in [-0.3, -0.25) is 4.79 Å². The molecular formula is C14H16BNO4. The first kappa shape index (κ1) is 14.4. The summed E-state index contributed by atoms with van der Waals surface area (Å²) in [6, 6.07) is 8.25. The molecule has 1 aromatic heterocycles. The summed E-state index contributed by atoms with van der Waals surface area (Å²) in [7, 11) is -0.0133. The maximum atomic E-state index is 11.9. The molecule has 0 spiro atoms. The van der Waals surface area contributed by atoms with Gasteiger partial charge in [0.1, 0.15) is 5.75 Å². The third-order valence-corrected chi connectivity index (χ3v) is 3.09. The minimum atomic E-state index is -1.55. The zero-order valence-corrected chi connectivity index (χ0v) is 11.4. The normalized spacial score (nSPS) is 10.4. The third kappa shape index (κ3) is 3.09. The summed E-state index contributed by atoms with van der Waals surface area (Å²) in [6.45, 7) is 2.16. The first-order chi connectivity index (χ1) is 9.51. The molecule has 0 radical (unpaired) electrons. The first-order valence-corrected chi connectivity index (χ1v) is 6.21. The van der Waals surface area contributed by atoms with Gasteiger partial charge >= 0.3 is 7.12 Å². The van der Waals surface area contributed by atoms with E-state index >= 15 is 0 Å². The number of aromatic nitrogens is 1. The first-order valence-electron chi connectivity index (χ1n) is 6.21. The Hall–Kier alpha value is -2.05. The van der Waals surface area contributed by atoms with E-state index in [0.717, 1.165) is 5.56 Å². The van der Waals surface area contributed by atoms with Crippen molar-refractivity contribution < 1.29 is 14.8 Å². The standard InChI is InChI=1S/C14H16BNO4/c1-10-5-6-16(14(17)7-10)9-11-8-12(15(18)19)3-4-13(11)20-2/h3-8,18-19H,9H2,1-2H3. The van der Waals surface area contributed by atoms with E-state index < -0.39 is 7.12 Å². The number of methoxy groups -OCH3 is 1. The molecule has 6 heteroatoms. The van der Waals surface area contributed by atoms with Crippen LogP contribution in [0.4, 0.5) is 0 Å². The van der Waals surface area contributed by atoms with Gasteiger partial charge in [-0.25, -0.2) is 0 Å². The van der Waals surface area contributed by atoms with Gasteiger partial charge in [0.15, 0.2) is 0 Å². The molecule has 0 atom stereocenters. The fourth-order valence-corrected chi connectivity index (χ4v) is 2.00. The summed E-state index contributed by atoms with van der Waals surface area (Å²) >= 11 is 0. The molecule has 20 heavy (non-hydrogen) atoms. The van der Waals surface area contributed by atoms with Crippen LogP contribution in [-0.4, -0.2) is 28.8 Å². The summed E-state index contributed by atoms with van der Waals surface area (Å²) in [5.41, 5.74) is 1.87. The zero-order chi connectivity index (χ0) is 14.7. The van der Waals surface area contributed by atoms with Gasteiger partial charge in [0.2, 0.25) is 0 Å². The molecule has 1 aromatic carbocycles. The number of hydrogen-bond donors (Lipinski definition) is 2. The van der Waals surface area contributed by atoms with Crippen LogP contribution in [-0.2, 0) is 6.54 Å². The second-order valence-electron chi connectivity index (χ2n) is 4.62. The molecule has 1 heterocycles. The third-order valence-electron chi connectivity index (χ3n) is 3.09. The highest BCUT2D eigenvalue weighted by Crippen LogP contribution is 2.17. The summed E-state index contributed by atoms with van der Waals surface area (Å²) in [5, 5.41) is 18.4. The molecule has 0 saturated heterocycles. The van der Waals surface area contributed by atoms with Crippen LogP contribution in [0.3, 0.4) is 0 Å². The predicted octanol–water partition coefficient (Wildman–Crippen LogP) is -0.107. The van der Waals surface area contributed by atoms with E-state index in [0.29, 0.717) is 23.3 Å². The second kappa shape index (κ2) is 5.94. The summed E-state index contributed by atoms with van der Waals surface area (Å²) in [6.07, 6.45) is 1.71. The van der Waals surface area contributed by atoms with Gasteiger partial charge in [-0.1, -0.05) is 12.1 Å². The smallest absolute Gasteiger partial charge is 0.488 e. The largest absolute Gasteiger partial charge is 0.496 e. The predicted molar refractivity (Wildman–Crippen MR) is 77.4 cm³/mol. The second-order valence-corrected chi connectivity index (χ2v) is 4.62. The quantitative estimate of drug-likeness (QED) is 0.763. The Labute approximate surface area is 117 Å². The van der Waals surface area contributed by atoms with Gasteiger partial charge in [0.25, 0.3) is 5.56 Å². The van der Waals surface area contributed by atoms with Gasteiger partial charge < -0.3 is 19.4 Å². The molecule has 2 rings (SSSR count). The Morgan fingerprint density at radius 1 is 1.25 bits per heavy atom. The van der Waals surface area contributed by atoms with E-state index in [1.807, 2.05) is 13.0 Å². The summed E-state index contributed by atoms with van der Waals surface area (Å²) in [4.78, 5) is 11.9. The van der Waals surface area contributed by atoms with E-state index in [9.17, 15) is 14.8 Å². The van der Waals surface area contributed by atoms with Crippen LogP contribution in [0, 0.1) is 6.92 Å². The van der Waals surface area contributed by atoms with Crippen molar-refractivity contribution in [3.63, 3.8) is 0 Å². The average Bonchev–Trinajstić information content (AvgIpc) is 2.41.